The van der Waals surface area contributed by atoms with E-state index in [-0.39, 0.29) is 11.1 Å². The maximum absolute atomic E-state index is 11.8. The third-order valence-electron chi connectivity index (χ3n) is 3.81. The number of nitrogens with two attached hydrogens (primary N) is 1. The Bertz CT molecular complexity index is 942. The van der Waals surface area contributed by atoms with E-state index in [1.54, 1.807) is 13.2 Å². The van der Waals surface area contributed by atoms with Gasteiger partial charge in [-0.2, -0.15) is 4.99 Å². The molecule has 6 nitrogen and oxygen atoms in total. The van der Waals surface area contributed by atoms with Gasteiger partial charge in [-0.05, 0) is 77.2 Å². The molecule has 0 bridgehead atoms. The maximum atomic E-state index is 11.8. The fraction of sp³-hybridized carbons (Fsp3) is 0.200. The van der Waals surface area contributed by atoms with Crippen molar-refractivity contribution < 1.29 is 19.0 Å². The van der Waals surface area contributed by atoms with Gasteiger partial charge < -0.3 is 19.9 Å². The van der Waals surface area contributed by atoms with Crippen LogP contribution < -0.4 is 19.9 Å². The Kier molecular flexibility index (Phi) is 6.84. The summed E-state index contributed by atoms with van der Waals surface area (Å²) >= 11 is 3.33. The molecule has 3 rings (SSSR count). The smallest absolute Gasteiger partial charge is 0.286 e. The van der Waals surface area contributed by atoms with Crippen LogP contribution in [-0.2, 0) is 4.79 Å². The molecule has 0 radical (unpaired) electrons. The Morgan fingerprint density at radius 2 is 1.89 bits per heavy atom. The number of amidine groups is 1. The molecule has 0 saturated carbocycles. The third-order valence-corrected chi connectivity index (χ3v) is 5.42. The first-order valence-electron chi connectivity index (χ1n) is 8.44. The standard InChI is InChI=1S/C20H19IN2O4S/c1-12-3-5-14(6-4-12)26-7-8-27-18-15(21)9-13(10-16(18)25-2)11-17-19(24)23-20(22)28-17/h3-6,9-11H,7-8H2,1-2H3,(H2,22,23,24)/b17-11-. The minimum atomic E-state index is -0.329. The van der Waals surface area contributed by atoms with Crippen molar-refractivity contribution in [3.05, 3.63) is 56.0 Å². The van der Waals surface area contributed by atoms with E-state index < -0.39 is 0 Å². The number of aliphatic imine (C=N–C) groups is 1. The molecular formula is C20H19IN2O4S. The first-order valence-corrected chi connectivity index (χ1v) is 10.3. The lowest BCUT2D eigenvalue weighted by molar-refractivity contribution is -0.113. The molecule has 1 heterocycles. The zero-order valence-electron chi connectivity index (χ0n) is 15.4. The van der Waals surface area contributed by atoms with Crippen LogP contribution in [0.2, 0.25) is 0 Å². The summed E-state index contributed by atoms with van der Waals surface area (Å²) in [5.41, 5.74) is 7.59. The fourth-order valence-corrected chi connectivity index (χ4v) is 3.94. The van der Waals surface area contributed by atoms with Gasteiger partial charge >= 0.3 is 0 Å². The van der Waals surface area contributed by atoms with Gasteiger partial charge in [-0.25, -0.2) is 0 Å². The van der Waals surface area contributed by atoms with Crippen LogP contribution in [0.15, 0.2) is 46.3 Å². The number of halogens is 1. The number of thioether (sulfide) groups is 1. The van der Waals surface area contributed by atoms with E-state index in [0.29, 0.717) is 29.6 Å². The minimum Gasteiger partial charge on any atom is -0.493 e. The SMILES string of the molecule is COc1cc(/C=C2\SC(N)=NC2=O)cc(I)c1OCCOc1ccc(C)cc1. The van der Waals surface area contributed by atoms with Gasteiger partial charge in [-0.1, -0.05) is 17.7 Å². The van der Waals surface area contributed by atoms with Crippen molar-refractivity contribution in [1.82, 2.24) is 0 Å². The molecule has 1 aliphatic heterocycles. The van der Waals surface area contributed by atoms with E-state index >= 15 is 0 Å². The van der Waals surface area contributed by atoms with Gasteiger partial charge in [0, 0.05) is 0 Å². The number of methoxy groups -OCH3 is 1. The lowest BCUT2D eigenvalue weighted by atomic mass is 10.2. The Morgan fingerprint density at radius 3 is 2.54 bits per heavy atom. The Balaban J connectivity index is 1.65. The second-order valence-electron chi connectivity index (χ2n) is 5.91. The van der Waals surface area contributed by atoms with E-state index in [0.717, 1.165) is 26.6 Å². The van der Waals surface area contributed by atoms with Crippen molar-refractivity contribution >= 4 is 51.5 Å². The topological polar surface area (TPSA) is 83.1 Å². The van der Waals surface area contributed by atoms with Crippen molar-refractivity contribution in [2.75, 3.05) is 20.3 Å². The Labute approximate surface area is 181 Å². The molecule has 0 fully saturated rings. The lowest BCUT2D eigenvalue weighted by Gasteiger charge is -2.14. The number of ether oxygens (including phenoxy) is 3. The maximum Gasteiger partial charge on any atom is 0.286 e. The van der Waals surface area contributed by atoms with E-state index in [2.05, 4.69) is 27.6 Å². The van der Waals surface area contributed by atoms with Gasteiger partial charge in [-0.3, -0.25) is 4.79 Å². The van der Waals surface area contributed by atoms with E-state index in [9.17, 15) is 4.79 Å². The molecule has 2 aromatic rings. The molecule has 0 saturated heterocycles. The Morgan fingerprint density at radius 1 is 1.18 bits per heavy atom. The van der Waals surface area contributed by atoms with Gasteiger partial charge in [-0.15, -0.1) is 0 Å². The first-order chi connectivity index (χ1) is 13.5. The molecule has 28 heavy (non-hydrogen) atoms. The van der Waals surface area contributed by atoms with Crippen molar-refractivity contribution in [2.24, 2.45) is 10.7 Å². The summed E-state index contributed by atoms with van der Waals surface area (Å²) in [5.74, 6) is 1.69. The summed E-state index contributed by atoms with van der Waals surface area (Å²) in [6, 6.07) is 11.6. The van der Waals surface area contributed by atoms with E-state index in [1.807, 2.05) is 43.3 Å². The summed E-state index contributed by atoms with van der Waals surface area (Å²) < 4.78 is 17.9. The predicted molar refractivity (Wildman–Crippen MR) is 120 cm³/mol. The molecule has 0 aliphatic carbocycles. The molecule has 2 aromatic carbocycles. The highest BCUT2D eigenvalue weighted by atomic mass is 127. The zero-order chi connectivity index (χ0) is 20.1. The van der Waals surface area contributed by atoms with Gasteiger partial charge in [0.05, 0.1) is 15.6 Å². The number of rotatable bonds is 7. The minimum absolute atomic E-state index is 0.256. The van der Waals surface area contributed by atoms with Crippen LogP contribution in [-0.4, -0.2) is 31.4 Å². The predicted octanol–water partition coefficient (Wildman–Crippen LogP) is 4.00. The molecule has 0 atom stereocenters. The molecule has 0 aromatic heterocycles. The Hall–Kier alpha value is -2.20. The molecule has 0 unspecified atom stereocenters. The number of benzene rings is 2. The normalized spacial score (nSPS) is 14.9. The second-order valence-corrected chi connectivity index (χ2v) is 8.13. The zero-order valence-corrected chi connectivity index (χ0v) is 18.4. The number of nitrogens with zero attached hydrogens (tertiary/aromatic N) is 1. The molecule has 8 heteroatoms. The van der Waals surface area contributed by atoms with Crippen LogP contribution in [0.4, 0.5) is 0 Å². The number of carbonyl (C=O) groups is 1. The van der Waals surface area contributed by atoms with Crippen molar-refractivity contribution in [2.45, 2.75) is 6.92 Å². The van der Waals surface area contributed by atoms with Crippen LogP contribution in [0.25, 0.3) is 6.08 Å². The van der Waals surface area contributed by atoms with Gasteiger partial charge in [0.25, 0.3) is 5.91 Å². The number of hydrogen-bond donors (Lipinski definition) is 1. The summed E-state index contributed by atoms with van der Waals surface area (Å²) in [6.45, 7) is 2.82. The molecule has 146 valence electrons. The molecule has 0 spiro atoms. The molecule has 2 N–H and O–H groups in total. The van der Waals surface area contributed by atoms with Crippen LogP contribution in [0.5, 0.6) is 17.2 Å². The van der Waals surface area contributed by atoms with Crippen LogP contribution in [0.3, 0.4) is 0 Å². The van der Waals surface area contributed by atoms with Gasteiger partial charge in [0.15, 0.2) is 16.7 Å². The molecular weight excluding hydrogens is 491 g/mol. The first kappa shape index (κ1) is 20.5. The fourth-order valence-electron chi connectivity index (χ4n) is 2.48. The monoisotopic (exact) mass is 510 g/mol. The van der Waals surface area contributed by atoms with E-state index in [4.69, 9.17) is 19.9 Å². The van der Waals surface area contributed by atoms with E-state index in [1.165, 1.54) is 5.56 Å². The highest BCUT2D eigenvalue weighted by Gasteiger charge is 2.20. The largest absolute Gasteiger partial charge is 0.493 e. The highest BCUT2D eigenvalue weighted by molar-refractivity contribution is 14.1. The summed E-state index contributed by atoms with van der Waals surface area (Å²) in [4.78, 5) is 16.0. The average Bonchev–Trinajstić information content (AvgIpc) is 2.98. The number of carbonyl (C=O) groups excluding carboxylic acids is 1. The lowest BCUT2D eigenvalue weighted by Crippen LogP contribution is -2.10. The average molecular weight is 510 g/mol. The second kappa shape index (κ2) is 9.33. The molecule has 1 aliphatic rings. The summed E-state index contributed by atoms with van der Waals surface area (Å²) in [5, 5.41) is 0.256. The summed E-state index contributed by atoms with van der Waals surface area (Å²) in [6.07, 6.45) is 1.74. The van der Waals surface area contributed by atoms with Crippen LogP contribution >= 0.6 is 34.4 Å². The number of amides is 1. The number of aryl methyl sites for hydroxylation is 1. The van der Waals surface area contributed by atoms with Gasteiger partial charge in [0.1, 0.15) is 19.0 Å². The van der Waals surface area contributed by atoms with Crippen LogP contribution in [0.1, 0.15) is 11.1 Å². The van der Waals surface area contributed by atoms with Crippen molar-refractivity contribution in [3.8, 4) is 17.2 Å². The van der Waals surface area contributed by atoms with Crippen molar-refractivity contribution in [1.29, 1.82) is 0 Å². The quantitative estimate of drug-likeness (QED) is 0.345. The van der Waals surface area contributed by atoms with Crippen LogP contribution in [0, 0.1) is 10.5 Å². The third kappa shape index (κ3) is 5.20. The molecule has 1 amide bonds. The number of hydrogen-bond acceptors (Lipinski definition) is 6. The van der Waals surface area contributed by atoms with Crippen molar-refractivity contribution in [3.63, 3.8) is 0 Å². The van der Waals surface area contributed by atoms with Gasteiger partial charge in [0.2, 0.25) is 0 Å². The highest BCUT2D eigenvalue weighted by Crippen LogP contribution is 2.36. The summed E-state index contributed by atoms with van der Waals surface area (Å²) in [7, 11) is 1.58.